The van der Waals surface area contributed by atoms with Crippen LogP contribution in [0.1, 0.15) is 31.5 Å². The summed E-state index contributed by atoms with van der Waals surface area (Å²) in [5, 5.41) is 12.4. The monoisotopic (exact) mass is 436 g/mol. The van der Waals surface area contributed by atoms with Gasteiger partial charge in [-0.2, -0.15) is 5.10 Å². The van der Waals surface area contributed by atoms with E-state index in [2.05, 4.69) is 25.5 Å². The van der Waals surface area contributed by atoms with Gasteiger partial charge in [0.05, 0.1) is 22.8 Å². The number of pyridine rings is 1. The summed E-state index contributed by atoms with van der Waals surface area (Å²) in [5.41, 5.74) is 2.49. The smallest absolute Gasteiger partial charge is 0.276 e. The number of anilines is 1. The Morgan fingerprint density at radius 2 is 2.10 bits per heavy atom. The van der Waals surface area contributed by atoms with Gasteiger partial charge in [-0.15, -0.1) is 11.3 Å². The van der Waals surface area contributed by atoms with Crippen molar-refractivity contribution in [2.75, 3.05) is 11.9 Å². The Labute approximate surface area is 179 Å². The summed E-state index contributed by atoms with van der Waals surface area (Å²) in [6.45, 7) is 1.01. The molecule has 0 aromatic carbocycles. The Morgan fingerprint density at radius 3 is 2.90 bits per heavy atom. The molecule has 8 nitrogen and oxygen atoms in total. The van der Waals surface area contributed by atoms with Gasteiger partial charge in [0.2, 0.25) is 0 Å². The highest BCUT2D eigenvalue weighted by Crippen LogP contribution is 2.30. The molecule has 30 heavy (non-hydrogen) atoms. The lowest BCUT2D eigenvalue weighted by Gasteiger charge is -2.25. The van der Waals surface area contributed by atoms with E-state index < -0.39 is 0 Å². The van der Waals surface area contributed by atoms with Crippen molar-refractivity contribution in [3.8, 4) is 10.6 Å². The molecule has 1 aliphatic heterocycles. The van der Waals surface area contributed by atoms with Gasteiger partial charge in [-0.1, -0.05) is 23.5 Å². The number of hydrogen-bond acceptors (Lipinski definition) is 7. The maximum Gasteiger partial charge on any atom is 0.276 e. The SMILES string of the molecule is O=C(Nc1nc2c(s1)CN(C(=O)c1cc(-c3cccs3)[nH]n1)CC2)c1ccccn1. The van der Waals surface area contributed by atoms with Crippen molar-refractivity contribution >= 4 is 39.6 Å². The summed E-state index contributed by atoms with van der Waals surface area (Å²) in [4.78, 5) is 37.6. The second-order valence-electron chi connectivity index (χ2n) is 6.68. The molecule has 0 unspecified atom stereocenters. The number of fused-ring (bicyclic) bond motifs is 1. The summed E-state index contributed by atoms with van der Waals surface area (Å²) in [5.74, 6) is -0.417. The van der Waals surface area contributed by atoms with Gasteiger partial charge in [0.15, 0.2) is 10.8 Å². The lowest BCUT2D eigenvalue weighted by Crippen LogP contribution is -2.35. The summed E-state index contributed by atoms with van der Waals surface area (Å²) in [6.07, 6.45) is 2.21. The number of nitrogens with zero attached hydrogens (tertiary/aromatic N) is 4. The molecule has 1 aliphatic rings. The van der Waals surface area contributed by atoms with Gasteiger partial charge >= 0.3 is 0 Å². The predicted molar refractivity (Wildman–Crippen MR) is 115 cm³/mol. The van der Waals surface area contributed by atoms with Gasteiger partial charge in [-0.05, 0) is 29.6 Å². The molecule has 0 radical (unpaired) electrons. The van der Waals surface area contributed by atoms with Crippen molar-refractivity contribution in [1.29, 1.82) is 0 Å². The van der Waals surface area contributed by atoms with Crippen molar-refractivity contribution < 1.29 is 9.59 Å². The molecule has 150 valence electrons. The maximum absolute atomic E-state index is 12.9. The number of amides is 2. The third-order valence-electron chi connectivity index (χ3n) is 4.72. The molecule has 2 N–H and O–H groups in total. The number of thiazole rings is 1. The third-order valence-corrected chi connectivity index (χ3v) is 6.62. The first-order valence-electron chi connectivity index (χ1n) is 9.27. The van der Waals surface area contributed by atoms with Gasteiger partial charge in [0.25, 0.3) is 11.8 Å². The average Bonchev–Trinajstić information content (AvgIpc) is 3.53. The van der Waals surface area contributed by atoms with E-state index in [0.717, 1.165) is 21.1 Å². The van der Waals surface area contributed by atoms with Crippen LogP contribution in [0.2, 0.25) is 0 Å². The van der Waals surface area contributed by atoms with Crippen LogP contribution in [0.25, 0.3) is 10.6 Å². The van der Waals surface area contributed by atoms with Crippen molar-refractivity contribution in [1.82, 2.24) is 25.1 Å². The van der Waals surface area contributed by atoms with E-state index in [9.17, 15) is 9.59 Å². The highest BCUT2D eigenvalue weighted by molar-refractivity contribution is 7.16. The number of aromatic amines is 1. The summed E-state index contributed by atoms with van der Waals surface area (Å²) in [6, 6.07) is 10.9. The minimum Gasteiger partial charge on any atom is -0.332 e. The lowest BCUT2D eigenvalue weighted by atomic mass is 10.1. The molecule has 0 fully saturated rings. The number of hydrogen-bond donors (Lipinski definition) is 2. The molecule has 4 aromatic rings. The fourth-order valence-electron chi connectivity index (χ4n) is 3.23. The zero-order valence-electron chi connectivity index (χ0n) is 15.7. The van der Waals surface area contributed by atoms with Gasteiger partial charge in [-0.25, -0.2) is 4.98 Å². The molecule has 10 heteroatoms. The quantitative estimate of drug-likeness (QED) is 0.510. The predicted octanol–water partition coefficient (Wildman–Crippen LogP) is 3.44. The van der Waals surface area contributed by atoms with E-state index in [1.54, 1.807) is 46.7 Å². The topological polar surface area (TPSA) is 104 Å². The fraction of sp³-hybridized carbons (Fsp3) is 0.150. The summed E-state index contributed by atoms with van der Waals surface area (Å²) in [7, 11) is 0. The fourth-order valence-corrected chi connectivity index (χ4v) is 4.94. The van der Waals surface area contributed by atoms with Crippen LogP contribution in [-0.4, -0.2) is 43.4 Å². The van der Waals surface area contributed by atoms with Crippen molar-refractivity contribution in [2.24, 2.45) is 0 Å². The molecule has 0 saturated carbocycles. The number of nitrogens with one attached hydrogen (secondary N) is 2. The molecule has 2 amide bonds. The van der Waals surface area contributed by atoms with Crippen LogP contribution in [0.4, 0.5) is 5.13 Å². The first-order valence-corrected chi connectivity index (χ1v) is 11.0. The molecule has 0 atom stereocenters. The molecule has 5 rings (SSSR count). The normalized spacial score (nSPS) is 13.1. The number of H-pyrrole nitrogens is 1. The van der Waals surface area contributed by atoms with Crippen LogP contribution in [0.3, 0.4) is 0 Å². The van der Waals surface area contributed by atoms with E-state index in [1.165, 1.54) is 11.3 Å². The highest BCUT2D eigenvalue weighted by Gasteiger charge is 2.27. The second-order valence-corrected chi connectivity index (χ2v) is 8.71. The molecule has 0 bridgehead atoms. The molecular formula is C20H16N6O2S2. The van der Waals surface area contributed by atoms with Crippen molar-refractivity contribution in [3.63, 3.8) is 0 Å². The van der Waals surface area contributed by atoms with Crippen molar-refractivity contribution in [3.05, 3.63) is 69.9 Å². The van der Waals surface area contributed by atoms with E-state index in [1.807, 2.05) is 17.5 Å². The van der Waals surface area contributed by atoms with Crippen LogP contribution in [0.15, 0.2) is 48.0 Å². The number of thiophene rings is 1. The molecule has 5 heterocycles. The van der Waals surface area contributed by atoms with Gasteiger partial charge in [0, 0.05) is 24.0 Å². The standard InChI is InChI=1S/C20H16N6O2S2/c27-18(13-4-1-2-7-21-13)23-20-22-12-6-8-26(11-17(12)30-20)19(28)15-10-14(24-25-15)16-5-3-9-29-16/h1-5,7,9-10H,6,8,11H2,(H,24,25)(H,22,23,27). The zero-order valence-corrected chi connectivity index (χ0v) is 17.3. The van der Waals surface area contributed by atoms with Gasteiger partial charge < -0.3 is 4.90 Å². The van der Waals surface area contributed by atoms with E-state index in [-0.39, 0.29) is 11.8 Å². The summed E-state index contributed by atoms with van der Waals surface area (Å²) < 4.78 is 0. The molecule has 0 spiro atoms. The molecule has 0 aliphatic carbocycles. The summed E-state index contributed by atoms with van der Waals surface area (Å²) >= 11 is 2.98. The molecule has 4 aromatic heterocycles. The van der Waals surface area contributed by atoms with Crippen molar-refractivity contribution in [2.45, 2.75) is 13.0 Å². The largest absolute Gasteiger partial charge is 0.332 e. The van der Waals surface area contributed by atoms with E-state index >= 15 is 0 Å². The van der Waals surface area contributed by atoms with E-state index in [0.29, 0.717) is 36.0 Å². The highest BCUT2D eigenvalue weighted by atomic mass is 32.1. The minimum atomic E-state index is -0.299. The average molecular weight is 437 g/mol. The maximum atomic E-state index is 12.9. The van der Waals surface area contributed by atoms with E-state index in [4.69, 9.17) is 0 Å². The first kappa shape index (κ1) is 18.6. The second kappa shape index (κ2) is 7.81. The molecular weight excluding hydrogens is 420 g/mol. The Morgan fingerprint density at radius 1 is 1.17 bits per heavy atom. The Hall–Kier alpha value is -3.37. The van der Waals surface area contributed by atoms with Crippen LogP contribution in [-0.2, 0) is 13.0 Å². The Bertz CT molecular complexity index is 1200. The van der Waals surface area contributed by atoms with Crippen LogP contribution >= 0.6 is 22.7 Å². The van der Waals surface area contributed by atoms with Crippen LogP contribution < -0.4 is 5.32 Å². The number of aromatic nitrogens is 4. The minimum absolute atomic E-state index is 0.118. The van der Waals surface area contributed by atoms with Crippen LogP contribution in [0, 0.1) is 0 Å². The molecule has 0 saturated heterocycles. The van der Waals surface area contributed by atoms with Gasteiger partial charge in [0.1, 0.15) is 5.69 Å². The van der Waals surface area contributed by atoms with Gasteiger partial charge in [-0.3, -0.25) is 25.0 Å². The number of carbonyl (C=O) groups excluding carboxylic acids is 2. The van der Waals surface area contributed by atoms with Crippen LogP contribution in [0.5, 0.6) is 0 Å². The Kier molecular flexibility index (Phi) is 4.85. The lowest BCUT2D eigenvalue weighted by molar-refractivity contribution is 0.0730. The first-order chi connectivity index (χ1) is 14.7. The Balaban J connectivity index is 1.28. The number of carbonyl (C=O) groups is 2. The number of rotatable bonds is 4. The third kappa shape index (κ3) is 3.62. The zero-order chi connectivity index (χ0) is 20.5.